The van der Waals surface area contributed by atoms with Gasteiger partial charge in [-0.05, 0) is 148 Å². The minimum atomic E-state index is -0.130. The van der Waals surface area contributed by atoms with E-state index in [2.05, 4.69) is 260 Å². The van der Waals surface area contributed by atoms with Gasteiger partial charge in [0.2, 0.25) is 0 Å². The summed E-state index contributed by atoms with van der Waals surface area (Å²) in [5, 5.41) is 5.05. The highest BCUT2D eigenvalue weighted by atomic mass is 15.2. The molecule has 1 aliphatic carbocycles. The van der Waals surface area contributed by atoms with Crippen molar-refractivity contribution >= 4 is 78.8 Å². The number of fused-ring (bicyclic) bond motifs is 11. The summed E-state index contributed by atoms with van der Waals surface area (Å²) in [5.41, 5.74) is 23.6. The first kappa shape index (κ1) is 38.8. The normalized spacial score (nSPS) is 13.8. The van der Waals surface area contributed by atoms with Crippen molar-refractivity contribution in [3.63, 3.8) is 0 Å². The molecule has 2 nitrogen and oxygen atoms in total. The second-order valence-electron chi connectivity index (χ2n) is 19.2. The molecule has 14 rings (SSSR count). The average molecular weight is 865 g/mol. The van der Waals surface area contributed by atoms with Crippen LogP contribution in [0, 0.1) is 0 Å². The minimum Gasteiger partial charge on any atom is -0.311 e. The monoisotopic (exact) mass is 864 g/mol. The summed E-state index contributed by atoms with van der Waals surface area (Å²) in [6.07, 6.45) is 0. The second-order valence-corrected chi connectivity index (χ2v) is 19.2. The molecule has 11 aromatic rings. The van der Waals surface area contributed by atoms with E-state index >= 15 is 0 Å². The van der Waals surface area contributed by atoms with Crippen molar-refractivity contribution in [2.24, 2.45) is 0 Å². The summed E-state index contributed by atoms with van der Waals surface area (Å²) in [6.45, 7) is 4.71. The Morgan fingerprint density at radius 3 is 1.29 bits per heavy atom. The van der Waals surface area contributed by atoms with Crippen LogP contribution in [-0.4, -0.2) is 6.71 Å². The SMILES string of the molecule is CC1(C)c2ccccc2-c2ccc(-c3cc4c5c(c3)N(c3ccc(-c6ccccc6)cc3)c3ccc6ccccc6c3B5c3c(ccc5ccccc35)N4c3ccc(-c4ccccc4)cc3)cc21. The van der Waals surface area contributed by atoms with Gasteiger partial charge in [0.05, 0.1) is 0 Å². The third kappa shape index (κ3) is 5.72. The van der Waals surface area contributed by atoms with Gasteiger partial charge in [0.1, 0.15) is 0 Å². The van der Waals surface area contributed by atoms with Gasteiger partial charge < -0.3 is 9.80 Å². The highest BCUT2D eigenvalue weighted by molar-refractivity contribution is 7.03. The summed E-state index contributed by atoms with van der Waals surface area (Å²) in [6, 6.07) is 88.4. The van der Waals surface area contributed by atoms with Crippen molar-refractivity contribution < 1.29 is 0 Å². The lowest BCUT2D eigenvalue weighted by molar-refractivity contribution is 0.660. The molecule has 0 bridgehead atoms. The quantitative estimate of drug-likeness (QED) is 0.159. The van der Waals surface area contributed by atoms with E-state index in [1.54, 1.807) is 0 Å². The van der Waals surface area contributed by atoms with Crippen LogP contribution in [0.4, 0.5) is 34.1 Å². The van der Waals surface area contributed by atoms with Crippen molar-refractivity contribution in [2.75, 3.05) is 9.80 Å². The summed E-state index contributed by atoms with van der Waals surface area (Å²) in [7, 11) is 0. The van der Waals surface area contributed by atoms with Crippen LogP contribution in [0.3, 0.4) is 0 Å². The molecule has 0 fully saturated rings. The van der Waals surface area contributed by atoms with Crippen molar-refractivity contribution in [3.8, 4) is 44.5 Å². The highest BCUT2D eigenvalue weighted by Crippen LogP contribution is 2.52. The largest absolute Gasteiger partial charge is 0.311 e. The number of benzene rings is 11. The Balaban J connectivity index is 1.08. The van der Waals surface area contributed by atoms with Crippen molar-refractivity contribution in [1.29, 1.82) is 0 Å². The smallest absolute Gasteiger partial charge is 0.253 e. The van der Waals surface area contributed by atoms with Gasteiger partial charge in [-0.3, -0.25) is 0 Å². The lowest BCUT2D eigenvalue weighted by Gasteiger charge is -2.45. The van der Waals surface area contributed by atoms with Crippen LogP contribution in [0.5, 0.6) is 0 Å². The summed E-state index contributed by atoms with van der Waals surface area (Å²) >= 11 is 0. The van der Waals surface area contributed by atoms with E-state index in [0.29, 0.717) is 0 Å². The molecule has 0 saturated heterocycles. The highest BCUT2D eigenvalue weighted by Gasteiger charge is 2.45. The number of hydrogen-bond donors (Lipinski definition) is 0. The zero-order valence-corrected chi connectivity index (χ0v) is 38.0. The van der Waals surface area contributed by atoms with E-state index in [4.69, 9.17) is 0 Å². The van der Waals surface area contributed by atoms with Gasteiger partial charge >= 0.3 is 0 Å². The van der Waals surface area contributed by atoms with Gasteiger partial charge in [-0.1, -0.05) is 196 Å². The molecular formula is C65H45BN2. The molecule has 0 N–H and O–H groups in total. The van der Waals surface area contributed by atoms with E-state index < -0.39 is 0 Å². The van der Waals surface area contributed by atoms with E-state index in [1.807, 2.05) is 0 Å². The van der Waals surface area contributed by atoms with Crippen LogP contribution in [-0.2, 0) is 5.41 Å². The fourth-order valence-corrected chi connectivity index (χ4v) is 12.0. The Bertz CT molecular complexity index is 3620. The predicted octanol–water partition coefficient (Wildman–Crippen LogP) is 15.4. The van der Waals surface area contributed by atoms with Crippen molar-refractivity contribution in [3.05, 3.63) is 248 Å². The molecule has 0 atom stereocenters. The standard InChI is InChI=1S/C65H45BN2/c1-65(2)56-24-14-13-23-54(56)55-36-29-48(39-57(55)65)49-40-60-64-61(41-49)68(51-34-27-45(28-35-51)43-17-7-4-8-18-43)59-38-31-47-20-10-12-22-53(47)63(59)66(64)62-52-21-11-9-19-46(52)30-37-58(62)67(60)50-32-25-44(26-33-50)42-15-5-3-6-16-42/h3-41H,1-2H3. The fourth-order valence-electron chi connectivity index (χ4n) is 12.0. The van der Waals surface area contributed by atoms with Gasteiger partial charge in [-0.2, -0.15) is 0 Å². The molecule has 0 radical (unpaired) electrons. The molecule has 2 heterocycles. The first-order valence-corrected chi connectivity index (χ1v) is 23.9. The molecule has 0 aromatic heterocycles. The third-order valence-electron chi connectivity index (χ3n) is 15.2. The van der Waals surface area contributed by atoms with Gasteiger partial charge in [0, 0.05) is 39.5 Å². The van der Waals surface area contributed by atoms with Crippen LogP contribution in [0.25, 0.3) is 66.1 Å². The molecule has 0 spiro atoms. The summed E-state index contributed by atoms with van der Waals surface area (Å²) < 4.78 is 0. The number of hydrogen-bond acceptors (Lipinski definition) is 2. The Hall–Kier alpha value is -8.40. The minimum absolute atomic E-state index is 0.0515. The Morgan fingerprint density at radius 1 is 0.309 bits per heavy atom. The zero-order valence-electron chi connectivity index (χ0n) is 38.0. The summed E-state index contributed by atoms with van der Waals surface area (Å²) in [5.74, 6) is 0. The molecule has 11 aromatic carbocycles. The third-order valence-corrected chi connectivity index (χ3v) is 15.2. The summed E-state index contributed by atoms with van der Waals surface area (Å²) in [4.78, 5) is 5.13. The molecule has 3 aliphatic rings. The fraction of sp³-hybridized carbons (Fsp3) is 0.0462. The van der Waals surface area contributed by atoms with Gasteiger partial charge in [-0.15, -0.1) is 0 Å². The lowest BCUT2D eigenvalue weighted by atomic mass is 9.32. The van der Waals surface area contributed by atoms with Crippen molar-refractivity contribution in [1.82, 2.24) is 0 Å². The molecule has 0 unspecified atom stereocenters. The maximum Gasteiger partial charge on any atom is 0.253 e. The van der Waals surface area contributed by atoms with Gasteiger partial charge in [0.15, 0.2) is 0 Å². The molecular weight excluding hydrogens is 820 g/mol. The van der Waals surface area contributed by atoms with E-state index in [0.717, 1.165) is 11.4 Å². The van der Waals surface area contributed by atoms with Crippen LogP contribution in [0.15, 0.2) is 237 Å². The van der Waals surface area contributed by atoms with Gasteiger partial charge in [-0.25, -0.2) is 0 Å². The van der Waals surface area contributed by atoms with Crippen LogP contribution in [0.1, 0.15) is 25.0 Å². The zero-order chi connectivity index (χ0) is 45.1. The topological polar surface area (TPSA) is 6.48 Å². The predicted molar refractivity (Wildman–Crippen MR) is 289 cm³/mol. The van der Waals surface area contributed by atoms with Crippen LogP contribution in [0.2, 0.25) is 0 Å². The average Bonchev–Trinajstić information content (AvgIpc) is 3.63. The Morgan fingerprint density at radius 2 is 0.750 bits per heavy atom. The Kier molecular flexibility index (Phi) is 8.46. The van der Waals surface area contributed by atoms with Crippen LogP contribution >= 0.6 is 0 Å². The maximum absolute atomic E-state index is 2.56. The van der Waals surface area contributed by atoms with E-state index in [1.165, 1.54) is 116 Å². The van der Waals surface area contributed by atoms with Gasteiger partial charge in [0.25, 0.3) is 6.71 Å². The maximum atomic E-state index is 2.56. The van der Waals surface area contributed by atoms with E-state index in [9.17, 15) is 0 Å². The molecule has 0 amide bonds. The second kappa shape index (κ2) is 14.8. The number of nitrogens with zero attached hydrogens (tertiary/aromatic N) is 2. The number of rotatable bonds is 5. The molecule has 0 saturated carbocycles. The Labute approximate surface area is 398 Å². The molecule has 2 aliphatic heterocycles. The van der Waals surface area contributed by atoms with E-state index in [-0.39, 0.29) is 12.1 Å². The first-order chi connectivity index (χ1) is 33.5. The molecule has 68 heavy (non-hydrogen) atoms. The van der Waals surface area contributed by atoms with Crippen molar-refractivity contribution in [2.45, 2.75) is 19.3 Å². The first-order valence-electron chi connectivity index (χ1n) is 23.9. The molecule has 318 valence electrons. The number of anilines is 6. The van der Waals surface area contributed by atoms with Crippen LogP contribution < -0.4 is 26.2 Å². The lowest BCUT2D eigenvalue weighted by Crippen LogP contribution is -2.61. The molecule has 3 heteroatoms.